The third-order valence-electron chi connectivity index (χ3n) is 11.6. The molecule has 11 rings (SSSR count). The van der Waals surface area contributed by atoms with Gasteiger partial charge in [0.15, 0.2) is 5.82 Å². The molecule has 0 aliphatic heterocycles. The summed E-state index contributed by atoms with van der Waals surface area (Å²) in [5.41, 5.74) is 15.0. The lowest BCUT2D eigenvalue weighted by atomic mass is 9.92. The fraction of sp³-hybridized carbons (Fsp3) is 0.0357. The molecule has 3 aromatic heterocycles. The molecule has 0 N–H and O–H groups in total. The van der Waals surface area contributed by atoms with Crippen molar-refractivity contribution in [2.75, 3.05) is 0 Å². The van der Waals surface area contributed by atoms with E-state index in [0.717, 1.165) is 112 Å². The van der Waals surface area contributed by atoms with Crippen LogP contribution in [0.4, 0.5) is 0 Å². The Hall–Kier alpha value is -8.02. The van der Waals surface area contributed by atoms with Crippen LogP contribution in [-0.2, 0) is 6.42 Å². The van der Waals surface area contributed by atoms with Gasteiger partial charge in [0, 0.05) is 50.7 Å². The van der Waals surface area contributed by atoms with Crippen molar-refractivity contribution in [1.29, 1.82) is 0 Å². The summed E-state index contributed by atoms with van der Waals surface area (Å²) in [6.07, 6.45) is 0.795. The second kappa shape index (κ2) is 15.3. The first kappa shape index (κ1) is 36.1. The molecule has 0 saturated carbocycles. The van der Waals surface area contributed by atoms with E-state index in [2.05, 4.69) is 200 Å². The fourth-order valence-electron chi connectivity index (χ4n) is 8.68. The van der Waals surface area contributed by atoms with E-state index in [0.29, 0.717) is 5.82 Å². The quantitative estimate of drug-likeness (QED) is 0.144. The van der Waals surface area contributed by atoms with Crippen LogP contribution in [0.1, 0.15) is 12.7 Å². The zero-order valence-electron chi connectivity index (χ0n) is 33.6. The highest BCUT2D eigenvalue weighted by atomic mass is 15.1. The van der Waals surface area contributed by atoms with Gasteiger partial charge in [-0.2, -0.15) is 0 Å². The molecule has 5 nitrogen and oxygen atoms in total. The first-order chi connectivity index (χ1) is 30.2. The molecule has 0 saturated heterocycles. The molecule has 0 atom stereocenters. The Balaban J connectivity index is 1.12. The molecule has 0 spiro atoms. The van der Waals surface area contributed by atoms with Gasteiger partial charge in [0.2, 0.25) is 0 Å². The Morgan fingerprint density at radius 2 is 0.934 bits per heavy atom. The Morgan fingerprint density at radius 3 is 1.59 bits per heavy atom. The average molecular weight is 782 g/mol. The number of nitrogens with zero attached hydrogens (tertiary/aromatic N) is 5. The van der Waals surface area contributed by atoms with Crippen LogP contribution >= 0.6 is 0 Å². The van der Waals surface area contributed by atoms with E-state index < -0.39 is 0 Å². The lowest BCUT2D eigenvalue weighted by Gasteiger charge is -2.18. The second-order valence-electron chi connectivity index (χ2n) is 15.3. The second-order valence-corrected chi connectivity index (χ2v) is 15.3. The predicted octanol–water partition coefficient (Wildman–Crippen LogP) is 14.1. The minimum Gasteiger partial charge on any atom is -0.296 e. The number of rotatable bonds is 8. The number of pyridine rings is 1. The standard InChI is InChI=1S/C56H39N5/c1-2-49-58-55-48(61(49)44-26-13-6-14-27-44)35-34-46-45-28-15-16-29-47(45)57-54(51(46)55)41-32-30-38(31-33-41)50-52(39-20-9-4-10-21-39)59-56(60-53(50)40-22-11-5-12-23-40)43-25-17-24-42(36-43)37-18-7-3-8-19-37/h3-36H,2H2,1H3. The number of hydrogen-bond donors (Lipinski definition) is 0. The topological polar surface area (TPSA) is 56.5 Å². The monoisotopic (exact) mass is 781 g/mol. The third kappa shape index (κ3) is 6.44. The van der Waals surface area contributed by atoms with Crippen molar-refractivity contribution in [3.05, 3.63) is 212 Å². The molecule has 288 valence electrons. The molecule has 0 unspecified atom stereocenters. The van der Waals surface area contributed by atoms with Crippen LogP contribution in [0.3, 0.4) is 0 Å². The maximum Gasteiger partial charge on any atom is 0.160 e. The third-order valence-corrected chi connectivity index (χ3v) is 11.6. The summed E-state index contributed by atoms with van der Waals surface area (Å²) in [7, 11) is 0. The average Bonchev–Trinajstić information content (AvgIpc) is 3.74. The van der Waals surface area contributed by atoms with Crippen LogP contribution in [0, 0.1) is 0 Å². The Kier molecular flexibility index (Phi) is 9.05. The van der Waals surface area contributed by atoms with Crippen LogP contribution < -0.4 is 0 Å². The highest BCUT2D eigenvalue weighted by molar-refractivity contribution is 6.20. The number of hydrogen-bond acceptors (Lipinski definition) is 4. The zero-order chi connectivity index (χ0) is 40.7. The molecule has 0 fully saturated rings. The van der Waals surface area contributed by atoms with Gasteiger partial charge in [-0.1, -0.05) is 183 Å². The first-order valence-electron chi connectivity index (χ1n) is 20.8. The van der Waals surface area contributed by atoms with Crippen LogP contribution in [-0.4, -0.2) is 24.5 Å². The van der Waals surface area contributed by atoms with Gasteiger partial charge in [-0.3, -0.25) is 4.57 Å². The number of imidazole rings is 1. The summed E-state index contributed by atoms with van der Waals surface area (Å²) in [5, 5.41) is 3.29. The van der Waals surface area contributed by atoms with Crippen molar-refractivity contribution in [3.63, 3.8) is 0 Å². The van der Waals surface area contributed by atoms with Gasteiger partial charge in [0.05, 0.1) is 33.6 Å². The van der Waals surface area contributed by atoms with Gasteiger partial charge in [-0.25, -0.2) is 19.9 Å². The summed E-state index contributed by atoms with van der Waals surface area (Å²) in [4.78, 5) is 21.6. The fourth-order valence-corrected chi connectivity index (χ4v) is 8.68. The van der Waals surface area contributed by atoms with E-state index in [1.54, 1.807) is 0 Å². The number of para-hydroxylation sites is 2. The molecule has 8 aromatic carbocycles. The lowest BCUT2D eigenvalue weighted by molar-refractivity contribution is 0.908. The number of fused-ring (bicyclic) bond motifs is 5. The van der Waals surface area contributed by atoms with E-state index in [4.69, 9.17) is 19.9 Å². The van der Waals surface area contributed by atoms with Gasteiger partial charge < -0.3 is 0 Å². The largest absolute Gasteiger partial charge is 0.296 e. The molecule has 0 bridgehead atoms. The zero-order valence-corrected chi connectivity index (χ0v) is 33.6. The van der Waals surface area contributed by atoms with Crippen molar-refractivity contribution in [2.45, 2.75) is 13.3 Å². The molecule has 0 amide bonds. The summed E-state index contributed by atoms with van der Waals surface area (Å²) >= 11 is 0. The van der Waals surface area contributed by atoms with Crippen molar-refractivity contribution >= 4 is 32.7 Å². The van der Waals surface area contributed by atoms with Crippen molar-refractivity contribution < 1.29 is 0 Å². The van der Waals surface area contributed by atoms with E-state index in [9.17, 15) is 0 Å². The Bertz CT molecular complexity index is 3300. The molecular formula is C56H39N5. The molecule has 3 heterocycles. The molecule has 11 aromatic rings. The van der Waals surface area contributed by atoms with Crippen molar-refractivity contribution in [2.24, 2.45) is 0 Å². The minimum atomic E-state index is 0.674. The van der Waals surface area contributed by atoms with E-state index in [1.807, 2.05) is 18.2 Å². The SMILES string of the molecule is CCc1nc2c3c(-c4ccc(-c5c(-c6ccccc6)nc(-c6cccc(-c7ccccc7)c6)nc5-c5ccccc5)cc4)nc4ccccc4c3ccc2n1-c1ccccc1. The smallest absolute Gasteiger partial charge is 0.160 e. The van der Waals surface area contributed by atoms with Gasteiger partial charge in [-0.15, -0.1) is 0 Å². The summed E-state index contributed by atoms with van der Waals surface area (Å²) in [5.74, 6) is 1.69. The number of benzene rings is 8. The highest BCUT2D eigenvalue weighted by Gasteiger charge is 2.23. The number of aromatic nitrogens is 5. The van der Waals surface area contributed by atoms with Crippen LogP contribution in [0.2, 0.25) is 0 Å². The van der Waals surface area contributed by atoms with Crippen LogP contribution in [0.15, 0.2) is 206 Å². The van der Waals surface area contributed by atoms with E-state index in [-0.39, 0.29) is 0 Å². The van der Waals surface area contributed by atoms with Crippen LogP contribution in [0.5, 0.6) is 0 Å². The van der Waals surface area contributed by atoms with Gasteiger partial charge >= 0.3 is 0 Å². The summed E-state index contributed by atoms with van der Waals surface area (Å²) < 4.78 is 2.29. The highest BCUT2D eigenvalue weighted by Crippen LogP contribution is 2.42. The molecule has 5 heteroatoms. The van der Waals surface area contributed by atoms with Crippen LogP contribution in [0.25, 0.3) is 106 Å². The normalized spacial score (nSPS) is 11.4. The van der Waals surface area contributed by atoms with E-state index >= 15 is 0 Å². The molecule has 61 heavy (non-hydrogen) atoms. The van der Waals surface area contributed by atoms with Crippen molar-refractivity contribution in [3.8, 4) is 73.1 Å². The Labute approximate surface area is 354 Å². The minimum absolute atomic E-state index is 0.674. The summed E-state index contributed by atoms with van der Waals surface area (Å²) in [6, 6.07) is 72.1. The molecular weight excluding hydrogens is 743 g/mol. The van der Waals surface area contributed by atoms with E-state index in [1.165, 1.54) is 0 Å². The Morgan fingerprint density at radius 1 is 0.393 bits per heavy atom. The predicted molar refractivity (Wildman–Crippen MR) is 251 cm³/mol. The molecule has 0 aliphatic carbocycles. The molecule has 0 aliphatic rings. The number of aryl methyl sites for hydroxylation is 1. The van der Waals surface area contributed by atoms with Gasteiger partial charge in [0.1, 0.15) is 5.82 Å². The van der Waals surface area contributed by atoms with Gasteiger partial charge in [-0.05, 0) is 52.4 Å². The maximum absolute atomic E-state index is 5.41. The molecule has 0 radical (unpaired) electrons. The van der Waals surface area contributed by atoms with Crippen molar-refractivity contribution in [1.82, 2.24) is 24.5 Å². The first-order valence-corrected chi connectivity index (χ1v) is 20.8. The van der Waals surface area contributed by atoms with Gasteiger partial charge in [0.25, 0.3) is 0 Å². The summed E-state index contributed by atoms with van der Waals surface area (Å²) in [6.45, 7) is 2.17. The lowest BCUT2D eigenvalue weighted by Crippen LogP contribution is -2.01. The maximum atomic E-state index is 5.41.